The Morgan fingerprint density at radius 2 is 2.28 bits per heavy atom. The third kappa shape index (κ3) is 4.08. The number of aromatic nitrogens is 2. The van der Waals surface area contributed by atoms with Crippen LogP contribution in [-0.4, -0.2) is 33.1 Å². The van der Waals surface area contributed by atoms with Crippen LogP contribution in [0.5, 0.6) is 0 Å². The van der Waals surface area contributed by atoms with E-state index in [1.807, 2.05) is 6.92 Å². The average Bonchev–Trinajstić information content (AvgIpc) is 2.85. The SMILES string of the molecule is CC[C@H](C)[C@H](NC(=O)NCc1ncc[nH]1)C(=O)O. The smallest absolute Gasteiger partial charge is 0.326 e. The molecule has 0 fully saturated rings. The van der Waals surface area contributed by atoms with Gasteiger partial charge >= 0.3 is 12.0 Å². The number of amides is 2. The van der Waals surface area contributed by atoms with Crippen molar-refractivity contribution in [3.8, 4) is 0 Å². The lowest BCUT2D eigenvalue weighted by Crippen LogP contribution is -2.48. The minimum Gasteiger partial charge on any atom is -0.480 e. The van der Waals surface area contributed by atoms with E-state index in [9.17, 15) is 9.59 Å². The zero-order valence-corrected chi connectivity index (χ0v) is 10.4. The van der Waals surface area contributed by atoms with Gasteiger partial charge in [-0.05, 0) is 5.92 Å². The second-order valence-corrected chi connectivity index (χ2v) is 4.06. The summed E-state index contributed by atoms with van der Waals surface area (Å²) >= 11 is 0. The maximum absolute atomic E-state index is 11.5. The second-order valence-electron chi connectivity index (χ2n) is 4.06. The van der Waals surface area contributed by atoms with Gasteiger partial charge in [0.1, 0.15) is 11.9 Å². The lowest BCUT2D eigenvalue weighted by Gasteiger charge is -2.20. The Bertz CT molecular complexity index is 391. The van der Waals surface area contributed by atoms with Crippen LogP contribution in [0, 0.1) is 5.92 Å². The van der Waals surface area contributed by atoms with Crippen LogP contribution in [0.1, 0.15) is 26.1 Å². The molecule has 7 nitrogen and oxygen atoms in total. The Kier molecular flexibility index (Phi) is 5.16. The molecule has 4 N–H and O–H groups in total. The number of urea groups is 1. The third-order valence-electron chi connectivity index (χ3n) is 2.74. The predicted molar refractivity (Wildman–Crippen MR) is 64.8 cm³/mol. The van der Waals surface area contributed by atoms with Crippen molar-refractivity contribution in [2.45, 2.75) is 32.9 Å². The van der Waals surface area contributed by atoms with Gasteiger partial charge in [-0.25, -0.2) is 14.6 Å². The van der Waals surface area contributed by atoms with Crippen LogP contribution in [0.15, 0.2) is 12.4 Å². The van der Waals surface area contributed by atoms with Crippen LogP contribution in [0.3, 0.4) is 0 Å². The number of hydrogen-bond acceptors (Lipinski definition) is 3. The van der Waals surface area contributed by atoms with E-state index in [1.54, 1.807) is 19.3 Å². The first-order valence-corrected chi connectivity index (χ1v) is 5.80. The molecule has 0 spiro atoms. The number of carboxylic acids is 1. The molecular weight excluding hydrogens is 236 g/mol. The highest BCUT2D eigenvalue weighted by molar-refractivity contribution is 5.82. The van der Waals surface area contributed by atoms with Crippen molar-refractivity contribution >= 4 is 12.0 Å². The van der Waals surface area contributed by atoms with E-state index in [4.69, 9.17) is 5.11 Å². The molecule has 0 unspecified atom stereocenters. The van der Waals surface area contributed by atoms with Crippen LogP contribution < -0.4 is 10.6 Å². The lowest BCUT2D eigenvalue weighted by molar-refractivity contribution is -0.140. The lowest BCUT2D eigenvalue weighted by atomic mass is 9.99. The molecule has 100 valence electrons. The molecule has 1 aromatic rings. The van der Waals surface area contributed by atoms with E-state index in [2.05, 4.69) is 20.6 Å². The molecule has 0 aromatic carbocycles. The molecule has 1 rings (SSSR count). The fraction of sp³-hybridized carbons (Fsp3) is 0.545. The largest absolute Gasteiger partial charge is 0.480 e. The van der Waals surface area contributed by atoms with E-state index >= 15 is 0 Å². The van der Waals surface area contributed by atoms with Gasteiger partial charge in [-0.2, -0.15) is 0 Å². The maximum atomic E-state index is 11.5. The molecule has 1 aromatic heterocycles. The van der Waals surface area contributed by atoms with E-state index in [0.29, 0.717) is 12.2 Å². The van der Waals surface area contributed by atoms with Gasteiger partial charge in [-0.1, -0.05) is 20.3 Å². The first-order chi connectivity index (χ1) is 8.54. The van der Waals surface area contributed by atoms with Gasteiger partial charge in [0.25, 0.3) is 0 Å². The number of aliphatic carboxylic acids is 1. The topological polar surface area (TPSA) is 107 Å². The molecule has 0 aliphatic heterocycles. The van der Waals surface area contributed by atoms with Crippen LogP contribution >= 0.6 is 0 Å². The molecular formula is C11H18N4O3. The zero-order valence-electron chi connectivity index (χ0n) is 10.4. The normalized spacial score (nSPS) is 13.7. The molecule has 0 saturated carbocycles. The van der Waals surface area contributed by atoms with Gasteiger partial charge in [0.05, 0.1) is 6.54 Å². The van der Waals surface area contributed by atoms with Gasteiger partial charge in [0.15, 0.2) is 0 Å². The number of H-pyrrole nitrogens is 1. The van der Waals surface area contributed by atoms with Crippen molar-refractivity contribution in [3.63, 3.8) is 0 Å². The number of carbonyl (C=O) groups is 2. The average molecular weight is 254 g/mol. The Labute approximate surface area is 105 Å². The van der Waals surface area contributed by atoms with Crippen molar-refractivity contribution < 1.29 is 14.7 Å². The highest BCUT2D eigenvalue weighted by Gasteiger charge is 2.25. The summed E-state index contributed by atoms with van der Waals surface area (Å²) in [5.41, 5.74) is 0. The fourth-order valence-corrected chi connectivity index (χ4v) is 1.43. The highest BCUT2D eigenvalue weighted by Crippen LogP contribution is 2.07. The van der Waals surface area contributed by atoms with Gasteiger partial charge in [-0.15, -0.1) is 0 Å². The van der Waals surface area contributed by atoms with E-state index in [0.717, 1.165) is 0 Å². The second kappa shape index (κ2) is 6.63. The van der Waals surface area contributed by atoms with Gasteiger partial charge in [0.2, 0.25) is 0 Å². The van der Waals surface area contributed by atoms with Crippen molar-refractivity contribution in [2.75, 3.05) is 0 Å². The number of carboxylic acid groups (broad SMARTS) is 1. The predicted octanol–water partition coefficient (Wildman–Crippen LogP) is 0.708. The Balaban J connectivity index is 2.44. The summed E-state index contributed by atoms with van der Waals surface area (Å²) in [6.07, 6.45) is 3.90. The summed E-state index contributed by atoms with van der Waals surface area (Å²) < 4.78 is 0. The van der Waals surface area contributed by atoms with Gasteiger partial charge in [0, 0.05) is 12.4 Å². The Morgan fingerprint density at radius 3 is 2.78 bits per heavy atom. The highest BCUT2D eigenvalue weighted by atomic mass is 16.4. The van der Waals surface area contributed by atoms with E-state index < -0.39 is 18.0 Å². The molecule has 18 heavy (non-hydrogen) atoms. The summed E-state index contributed by atoms with van der Waals surface area (Å²) in [4.78, 5) is 29.3. The molecule has 0 aliphatic carbocycles. The van der Waals surface area contributed by atoms with Crippen molar-refractivity contribution in [1.82, 2.24) is 20.6 Å². The Morgan fingerprint density at radius 1 is 1.56 bits per heavy atom. The number of hydrogen-bond donors (Lipinski definition) is 4. The van der Waals surface area contributed by atoms with Gasteiger partial charge < -0.3 is 20.7 Å². The summed E-state index contributed by atoms with van der Waals surface area (Å²) in [7, 11) is 0. The van der Waals surface area contributed by atoms with Crippen LogP contribution in [0.4, 0.5) is 4.79 Å². The first kappa shape index (κ1) is 14.0. The molecule has 2 atom stereocenters. The minimum absolute atomic E-state index is 0.128. The van der Waals surface area contributed by atoms with Crippen LogP contribution in [-0.2, 0) is 11.3 Å². The monoisotopic (exact) mass is 254 g/mol. The van der Waals surface area contributed by atoms with Crippen molar-refractivity contribution in [3.05, 3.63) is 18.2 Å². The van der Waals surface area contributed by atoms with Crippen LogP contribution in [0.2, 0.25) is 0 Å². The molecule has 2 amide bonds. The zero-order chi connectivity index (χ0) is 13.5. The van der Waals surface area contributed by atoms with Crippen molar-refractivity contribution in [1.29, 1.82) is 0 Å². The Hall–Kier alpha value is -2.05. The van der Waals surface area contributed by atoms with Gasteiger partial charge in [-0.3, -0.25) is 0 Å². The van der Waals surface area contributed by atoms with E-state index in [-0.39, 0.29) is 12.5 Å². The fourth-order valence-electron chi connectivity index (χ4n) is 1.43. The quantitative estimate of drug-likeness (QED) is 0.599. The molecule has 0 bridgehead atoms. The van der Waals surface area contributed by atoms with Crippen molar-refractivity contribution in [2.24, 2.45) is 5.92 Å². The molecule has 0 aliphatic rings. The van der Waals surface area contributed by atoms with E-state index in [1.165, 1.54) is 0 Å². The molecule has 0 saturated heterocycles. The molecule has 0 radical (unpaired) electrons. The third-order valence-corrected chi connectivity index (χ3v) is 2.74. The number of nitrogens with zero attached hydrogens (tertiary/aromatic N) is 1. The maximum Gasteiger partial charge on any atom is 0.326 e. The summed E-state index contributed by atoms with van der Waals surface area (Å²) in [6, 6.07) is -1.40. The summed E-state index contributed by atoms with van der Waals surface area (Å²) in [5.74, 6) is -0.546. The minimum atomic E-state index is -1.03. The first-order valence-electron chi connectivity index (χ1n) is 5.80. The number of aromatic amines is 1. The summed E-state index contributed by atoms with van der Waals surface area (Å²) in [6.45, 7) is 3.89. The number of imidazole rings is 1. The van der Waals surface area contributed by atoms with Crippen LogP contribution in [0.25, 0.3) is 0 Å². The standard InChI is InChI=1S/C11H18N4O3/c1-3-7(2)9(10(16)17)15-11(18)14-6-8-12-4-5-13-8/h4-5,7,9H,3,6H2,1-2H3,(H,12,13)(H,16,17)(H2,14,15,18)/t7-,9-/m0/s1. The number of nitrogens with one attached hydrogen (secondary N) is 3. The molecule has 1 heterocycles. The number of carbonyl (C=O) groups excluding carboxylic acids is 1. The number of rotatable bonds is 6. The molecule has 7 heteroatoms. The summed E-state index contributed by atoms with van der Waals surface area (Å²) in [5, 5.41) is 14.0.